The lowest BCUT2D eigenvalue weighted by Gasteiger charge is -2.37. The molecule has 0 aromatic heterocycles. The van der Waals surface area contributed by atoms with Crippen molar-refractivity contribution in [3.05, 3.63) is 101 Å². The highest BCUT2D eigenvalue weighted by atomic mass is 35.5. The highest BCUT2D eigenvalue weighted by Gasteiger charge is 2.25. The number of carbonyl (C=O) groups is 1. The van der Waals surface area contributed by atoms with Crippen LogP contribution in [0.25, 0.3) is 0 Å². The van der Waals surface area contributed by atoms with Gasteiger partial charge in [-0.15, -0.1) is 0 Å². The Morgan fingerprint density at radius 1 is 0.867 bits per heavy atom. The van der Waals surface area contributed by atoms with Crippen molar-refractivity contribution >= 4 is 23.2 Å². The molecule has 0 saturated carbocycles. The third-order valence-electron chi connectivity index (χ3n) is 5.85. The maximum Gasteiger partial charge on any atom is 0.223 e. The molecule has 1 aliphatic rings. The van der Waals surface area contributed by atoms with Gasteiger partial charge in [-0.25, -0.2) is 0 Å². The Hall–Kier alpha value is -2.78. The Bertz CT molecular complexity index is 979. The topological polar surface area (TPSA) is 23.6 Å². The van der Waals surface area contributed by atoms with E-state index in [4.69, 9.17) is 11.6 Å². The van der Waals surface area contributed by atoms with Crippen LogP contribution < -0.4 is 4.90 Å². The van der Waals surface area contributed by atoms with E-state index in [2.05, 4.69) is 48.2 Å². The van der Waals surface area contributed by atoms with Gasteiger partial charge in [0.2, 0.25) is 5.91 Å². The molecule has 0 spiro atoms. The minimum atomic E-state index is 0.0331. The highest BCUT2D eigenvalue weighted by Crippen LogP contribution is 2.30. The van der Waals surface area contributed by atoms with Gasteiger partial charge in [0.1, 0.15) is 0 Å². The normalized spacial score (nSPS) is 15.1. The Morgan fingerprint density at radius 3 is 2.20 bits per heavy atom. The van der Waals surface area contributed by atoms with Gasteiger partial charge < -0.3 is 9.80 Å². The molecule has 1 atom stereocenters. The van der Waals surface area contributed by atoms with Gasteiger partial charge in [0.05, 0.1) is 0 Å². The van der Waals surface area contributed by atoms with Crippen LogP contribution in [0.3, 0.4) is 0 Å². The van der Waals surface area contributed by atoms with Crippen LogP contribution in [0.2, 0.25) is 5.02 Å². The maximum atomic E-state index is 13.2. The molecule has 1 saturated heterocycles. The predicted molar refractivity (Wildman–Crippen MR) is 124 cm³/mol. The molecule has 154 valence electrons. The predicted octanol–water partition coefficient (Wildman–Crippen LogP) is 5.52. The van der Waals surface area contributed by atoms with E-state index in [9.17, 15) is 4.79 Å². The summed E-state index contributed by atoms with van der Waals surface area (Å²) < 4.78 is 0. The number of aryl methyl sites for hydroxylation is 1. The Balaban J connectivity index is 1.45. The van der Waals surface area contributed by atoms with Gasteiger partial charge in [0.25, 0.3) is 0 Å². The summed E-state index contributed by atoms with van der Waals surface area (Å²) in [5.41, 5.74) is 4.79. The van der Waals surface area contributed by atoms with Crippen LogP contribution >= 0.6 is 11.6 Å². The van der Waals surface area contributed by atoms with E-state index < -0.39 is 0 Å². The summed E-state index contributed by atoms with van der Waals surface area (Å²) in [6.45, 7) is 5.37. The zero-order valence-electron chi connectivity index (χ0n) is 17.3. The molecule has 4 rings (SSSR count). The number of hydrogen-bond acceptors (Lipinski definition) is 2. The molecule has 4 heteroatoms. The molecular formula is C26H27ClN2O. The van der Waals surface area contributed by atoms with Crippen LogP contribution in [0.15, 0.2) is 78.9 Å². The van der Waals surface area contributed by atoms with E-state index >= 15 is 0 Å². The van der Waals surface area contributed by atoms with Gasteiger partial charge >= 0.3 is 0 Å². The minimum absolute atomic E-state index is 0.0331. The van der Waals surface area contributed by atoms with Gasteiger partial charge in [-0.3, -0.25) is 4.79 Å². The van der Waals surface area contributed by atoms with Gasteiger partial charge in [-0.1, -0.05) is 66.2 Å². The van der Waals surface area contributed by atoms with Crippen LogP contribution in [0.4, 0.5) is 5.69 Å². The smallest absolute Gasteiger partial charge is 0.223 e. The van der Waals surface area contributed by atoms with Crippen molar-refractivity contribution in [2.45, 2.75) is 19.3 Å². The molecule has 1 amide bonds. The van der Waals surface area contributed by atoms with E-state index in [0.717, 1.165) is 37.3 Å². The molecule has 0 radical (unpaired) electrons. The fourth-order valence-corrected chi connectivity index (χ4v) is 4.28. The summed E-state index contributed by atoms with van der Waals surface area (Å²) in [6, 6.07) is 26.7. The van der Waals surface area contributed by atoms with Crippen molar-refractivity contribution in [2.75, 3.05) is 31.1 Å². The zero-order chi connectivity index (χ0) is 20.9. The van der Waals surface area contributed by atoms with Gasteiger partial charge in [-0.05, 0) is 47.9 Å². The maximum absolute atomic E-state index is 13.2. The Kier molecular flexibility index (Phi) is 6.39. The average Bonchev–Trinajstić information content (AvgIpc) is 2.79. The lowest BCUT2D eigenvalue weighted by molar-refractivity contribution is -0.131. The van der Waals surface area contributed by atoms with Gasteiger partial charge in [-0.2, -0.15) is 0 Å². The third kappa shape index (κ3) is 4.85. The summed E-state index contributed by atoms with van der Waals surface area (Å²) in [7, 11) is 0. The van der Waals surface area contributed by atoms with Crippen molar-refractivity contribution in [3.63, 3.8) is 0 Å². The standard InChI is InChI=1S/C26H27ClN2O/c1-20-6-5-9-24(18-20)28-14-16-29(17-15-28)26(30)19-25(21-7-3-2-4-8-21)22-10-12-23(27)13-11-22/h2-13,18,25H,14-17,19H2,1H3. The number of anilines is 1. The number of amides is 1. The molecule has 0 aliphatic carbocycles. The van der Waals surface area contributed by atoms with Gasteiger partial charge in [0.15, 0.2) is 0 Å². The first kappa shape index (κ1) is 20.5. The first-order valence-corrected chi connectivity index (χ1v) is 10.9. The molecule has 0 N–H and O–H groups in total. The first-order valence-electron chi connectivity index (χ1n) is 10.5. The highest BCUT2D eigenvalue weighted by molar-refractivity contribution is 6.30. The van der Waals surface area contributed by atoms with E-state index in [-0.39, 0.29) is 11.8 Å². The molecule has 3 aromatic carbocycles. The molecule has 1 unspecified atom stereocenters. The fraction of sp³-hybridized carbons (Fsp3) is 0.269. The minimum Gasteiger partial charge on any atom is -0.368 e. The quantitative estimate of drug-likeness (QED) is 0.544. The van der Waals surface area contributed by atoms with Crippen LogP contribution in [-0.2, 0) is 4.79 Å². The van der Waals surface area contributed by atoms with Crippen LogP contribution in [0, 0.1) is 6.92 Å². The second-order valence-electron chi connectivity index (χ2n) is 7.93. The van der Waals surface area contributed by atoms with Crippen molar-refractivity contribution in [3.8, 4) is 0 Å². The average molecular weight is 419 g/mol. The van der Waals surface area contributed by atoms with Crippen molar-refractivity contribution in [2.24, 2.45) is 0 Å². The number of rotatable bonds is 5. The number of piperazine rings is 1. The lowest BCUT2D eigenvalue weighted by atomic mass is 9.88. The third-order valence-corrected chi connectivity index (χ3v) is 6.10. The summed E-state index contributed by atoms with van der Waals surface area (Å²) >= 11 is 6.08. The lowest BCUT2D eigenvalue weighted by Crippen LogP contribution is -2.49. The first-order chi connectivity index (χ1) is 14.6. The van der Waals surface area contributed by atoms with Gasteiger partial charge in [0, 0.05) is 49.2 Å². The summed E-state index contributed by atoms with van der Waals surface area (Å²) in [4.78, 5) is 17.6. The number of benzene rings is 3. The zero-order valence-corrected chi connectivity index (χ0v) is 18.1. The molecule has 3 nitrogen and oxygen atoms in total. The molecule has 1 fully saturated rings. The van der Waals surface area contributed by atoms with E-state index in [0.29, 0.717) is 11.4 Å². The number of nitrogens with zero attached hydrogens (tertiary/aromatic N) is 2. The molecular weight excluding hydrogens is 392 g/mol. The summed E-state index contributed by atoms with van der Waals surface area (Å²) in [5, 5.41) is 0.712. The second kappa shape index (κ2) is 9.36. The molecule has 1 heterocycles. The number of halogens is 1. The molecule has 0 bridgehead atoms. The largest absolute Gasteiger partial charge is 0.368 e. The molecule has 30 heavy (non-hydrogen) atoms. The monoisotopic (exact) mass is 418 g/mol. The van der Waals surface area contributed by atoms with Crippen LogP contribution in [0.5, 0.6) is 0 Å². The van der Waals surface area contributed by atoms with Crippen molar-refractivity contribution < 1.29 is 4.79 Å². The summed E-state index contributed by atoms with van der Waals surface area (Å²) in [6.07, 6.45) is 0.468. The second-order valence-corrected chi connectivity index (χ2v) is 8.36. The van der Waals surface area contributed by atoms with Crippen molar-refractivity contribution in [1.82, 2.24) is 4.90 Å². The molecule has 3 aromatic rings. The van der Waals surface area contributed by atoms with E-state index in [1.54, 1.807) is 0 Å². The Morgan fingerprint density at radius 2 is 1.53 bits per heavy atom. The van der Waals surface area contributed by atoms with Crippen molar-refractivity contribution in [1.29, 1.82) is 0 Å². The molecule has 1 aliphatic heterocycles. The number of hydrogen-bond donors (Lipinski definition) is 0. The van der Waals surface area contributed by atoms with Crippen LogP contribution in [-0.4, -0.2) is 37.0 Å². The van der Waals surface area contributed by atoms with E-state index in [1.165, 1.54) is 11.3 Å². The fourth-order valence-electron chi connectivity index (χ4n) is 4.15. The van der Waals surface area contributed by atoms with Crippen LogP contribution in [0.1, 0.15) is 29.0 Å². The Labute approximate surface area is 183 Å². The van der Waals surface area contributed by atoms with E-state index in [1.807, 2.05) is 47.4 Å². The SMILES string of the molecule is Cc1cccc(N2CCN(C(=O)CC(c3ccccc3)c3ccc(Cl)cc3)CC2)c1. The summed E-state index contributed by atoms with van der Waals surface area (Å²) in [5.74, 6) is 0.244. The number of carbonyl (C=O) groups excluding carboxylic acids is 1.